The van der Waals surface area contributed by atoms with Gasteiger partial charge in [0, 0.05) is 19.3 Å². The molecule has 1 amide bonds. The Bertz CT molecular complexity index is 853. The molecule has 0 bridgehead atoms. The lowest BCUT2D eigenvalue weighted by molar-refractivity contribution is -0.141. The Balaban J connectivity index is 2.04. The van der Waals surface area contributed by atoms with Crippen LogP contribution in [-0.2, 0) is 24.5 Å². The van der Waals surface area contributed by atoms with E-state index in [4.69, 9.17) is 9.47 Å². The monoisotopic (exact) mass is 416 g/mol. The molecule has 0 aliphatic carbocycles. The number of nitrogens with zero attached hydrogens (tertiary/aromatic N) is 2. The Morgan fingerprint density at radius 3 is 2.55 bits per heavy atom. The van der Waals surface area contributed by atoms with Crippen LogP contribution in [0.2, 0.25) is 0 Å². The number of esters is 1. The van der Waals surface area contributed by atoms with Crippen LogP contribution in [0.1, 0.15) is 51.3 Å². The summed E-state index contributed by atoms with van der Waals surface area (Å²) in [6, 6.07) is 7.58. The number of fused-ring (bicyclic) bond motifs is 1. The number of hydrogen-bond acceptors (Lipinski definition) is 6. The molecule has 0 radical (unpaired) electrons. The Hall–Kier alpha value is -2.12. The summed E-state index contributed by atoms with van der Waals surface area (Å²) in [5, 5.41) is 0.650. The fraction of sp³-hybridized carbons (Fsp3) is 0.500. The van der Waals surface area contributed by atoms with Gasteiger partial charge in [-0.3, -0.25) is 9.69 Å². The van der Waals surface area contributed by atoms with Crippen molar-refractivity contribution < 1.29 is 19.1 Å². The Morgan fingerprint density at radius 1 is 1.24 bits per heavy atom. The maximum absolute atomic E-state index is 12.9. The van der Waals surface area contributed by atoms with Gasteiger partial charge < -0.3 is 9.47 Å². The molecule has 29 heavy (non-hydrogen) atoms. The van der Waals surface area contributed by atoms with E-state index >= 15 is 0 Å². The number of ether oxygens (including phenoxy) is 2. The number of benzene rings is 1. The lowest BCUT2D eigenvalue weighted by Crippen LogP contribution is -2.45. The summed E-state index contributed by atoms with van der Waals surface area (Å²) in [7, 11) is 1.55. The predicted molar refractivity (Wildman–Crippen MR) is 115 cm³/mol. The first-order chi connectivity index (χ1) is 13.7. The van der Waals surface area contributed by atoms with Crippen molar-refractivity contribution in [2.75, 3.05) is 26.1 Å². The average molecular weight is 417 g/mol. The van der Waals surface area contributed by atoms with Gasteiger partial charge in [0.2, 0.25) is 5.91 Å². The number of hydrogen-bond donors (Lipinski definition) is 0. The van der Waals surface area contributed by atoms with Gasteiger partial charge >= 0.3 is 5.97 Å². The quantitative estimate of drug-likeness (QED) is 0.539. The number of amides is 1. The highest BCUT2D eigenvalue weighted by molar-refractivity contribution is 8.14. The minimum absolute atomic E-state index is 0.0160. The topological polar surface area (TPSA) is 68.2 Å². The van der Waals surface area contributed by atoms with Gasteiger partial charge in [-0.05, 0) is 23.5 Å². The third-order valence-electron chi connectivity index (χ3n) is 5.04. The van der Waals surface area contributed by atoms with E-state index in [1.807, 2.05) is 12.1 Å². The highest BCUT2D eigenvalue weighted by Crippen LogP contribution is 2.40. The van der Waals surface area contributed by atoms with Gasteiger partial charge in [-0.1, -0.05) is 56.8 Å². The zero-order valence-electron chi connectivity index (χ0n) is 17.7. The molecule has 1 saturated heterocycles. The zero-order valence-corrected chi connectivity index (χ0v) is 18.5. The fourth-order valence-corrected chi connectivity index (χ4v) is 4.44. The number of thioether (sulfide) groups is 1. The summed E-state index contributed by atoms with van der Waals surface area (Å²) in [5.41, 5.74) is 3.08. The number of carbonyl (C=O) groups excluding carboxylic acids is 2. The molecular weight excluding hydrogens is 388 g/mol. The second kappa shape index (κ2) is 8.71. The highest BCUT2D eigenvalue weighted by Gasteiger charge is 2.41. The molecule has 0 unspecified atom stereocenters. The average Bonchev–Trinajstić information content (AvgIpc) is 2.66. The van der Waals surface area contributed by atoms with E-state index < -0.39 is 12.0 Å². The van der Waals surface area contributed by atoms with E-state index in [0.717, 1.165) is 5.56 Å². The van der Waals surface area contributed by atoms with Crippen LogP contribution in [0.25, 0.3) is 0 Å². The Kier molecular flexibility index (Phi) is 6.49. The molecule has 3 rings (SSSR count). The van der Waals surface area contributed by atoms with Crippen LogP contribution >= 0.6 is 11.8 Å². The minimum Gasteiger partial charge on any atom is -0.460 e. The normalized spacial score (nSPS) is 19.8. The molecule has 1 fully saturated rings. The SMILES string of the molecule is COCCOC(=O)C1=C(C)N=C2SCCC(=O)N2[C@H]1c1ccc(C(C)(C)C)cc1. The van der Waals surface area contributed by atoms with Gasteiger partial charge in [0.1, 0.15) is 6.61 Å². The van der Waals surface area contributed by atoms with Crippen molar-refractivity contribution in [3.8, 4) is 0 Å². The van der Waals surface area contributed by atoms with Crippen molar-refractivity contribution in [3.05, 3.63) is 46.7 Å². The van der Waals surface area contributed by atoms with Crippen LogP contribution in [0, 0.1) is 0 Å². The number of aliphatic imine (C=N–C) groups is 1. The van der Waals surface area contributed by atoms with E-state index in [1.54, 1.807) is 30.7 Å². The van der Waals surface area contributed by atoms with Crippen LogP contribution in [0.15, 0.2) is 40.5 Å². The third-order valence-corrected chi connectivity index (χ3v) is 5.99. The molecule has 2 heterocycles. The summed E-state index contributed by atoms with van der Waals surface area (Å²) >= 11 is 1.54. The fourth-order valence-electron chi connectivity index (χ4n) is 3.43. The van der Waals surface area contributed by atoms with Crippen molar-refractivity contribution in [1.29, 1.82) is 0 Å². The van der Waals surface area contributed by atoms with Crippen molar-refractivity contribution in [3.63, 3.8) is 0 Å². The standard InChI is InChI=1S/C22H28N2O4S/c1-14-18(20(26)28-12-11-27-5)19(24-17(25)10-13-29-21(24)23-14)15-6-8-16(9-7-15)22(2,3)4/h6-9,19H,10-13H2,1-5H3/t19-/m0/s1. The molecule has 156 valence electrons. The smallest absolute Gasteiger partial charge is 0.338 e. The minimum atomic E-state index is -0.535. The second-order valence-corrected chi connectivity index (χ2v) is 9.22. The van der Waals surface area contributed by atoms with E-state index in [1.165, 1.54) is 5.56 Å². The number of amidine groups is 1. The van der Waals surface area contributed by atoms with E-state index in [-0.39, 0.29) is 17.9 Å². The number of carbonyl (C=O) groups is 2. The number of rotatable bonds is 5. The summed E-state index contributed by atoms with van der Waals surface area (Å²) in [6.07, 6.45) is 0.422. The zero-order chi connectivity index (χ0) is 21.2. The lowest BCUT2D eigenvalue weighted by atomic mass is 9.85. The van der Waals surface area contributed by atoms with Gasteiger partial charge in [0.15, 0.2) is 5.17 Å². The van der Waals surface area contributed by atoms with E-state index in [9.17, 15) is 9.59 Å². The molecule has 1 aromatic carbocycles. The molecule has 0 spiro atoms. The molecule has 1 atom stereocenters. The molecule has 0 aromatic heterocycles. The van der Waals surface area contributed by atoms with Gasteiger partial charge in [0.05, 0.1) is 23.9 Å². The summed E-state index contributed by atoms with van der Waals surface area (Å²) < 4.78 is 10.4. The predicted octanol–water partition coefficient (Wildman–Crippen LogP) is 3.82. The van der Waals surface area contributed by atoms with Crippen molar-refractivity contribution in [1.82, 2.24) is 4.90 Å². The third kappa shape index (κ3) is 4.56. The molecule has 0 N–H and O–H groups in total. The summed E-state index contributed by atoms with van der Waals surface area (Å²) in [5.74, 6) is 0.211. The van der Waals surface area contributed by atoms with Crippen molar-refractivity contribution in [2.24, 2.45) is 4.99 Å². The number of allylic oxidation sites excluding steroid dienone is 1. The van der Waals surface area contributed by atoms with Gasteiger partial charge in [0.25, 0.3) is 0 Å². The summed E-state index contributed by atoms with van der Waals surface area (Å²) in [4.78, 5) is 31.9. The van der Waals surface area contributed by atoms with Crippen molar-refractivity contribution in [2.45, 2.75) is 45.6 Å². The first-order valence-corrected chi connectivity index (χ1v) is 10.7. The van der Waals surface area contributed by atoms with E-state index in [0.29, 0.717) is 35.2 Å². The first-order valence-electron chi connectivity index (χ1n) is 9.75. The lowest BCUT2D eigenvalue weighted by Gasteiger charge is -2.39. The van der Waals surface area contributed by atoms with E-state index in [2.05, 4.69) is 37.9 Å². The molecule has 7 heteroatoms. The highest BCUT2D eigenvalue weighted by atomic mass is 32.2. The Labute approximate surface area is 176 Å². The first kappa shape index (κ1) is 21.6. The Morgan fingerprint density at radius 2 is 1.93 bits per heavy atom. The van der Waals surface area contributed by atoms with Crippen LogP contribution < -0.4 is 0 Å². The maximum Gasteiger partial charge on any atom is 0.338 e. The molecule has 1 aromatic rings. The number of methoxy groups -OCH3 is 1. The second-order valence-electron chi connectivity index (χ2n) is 8.16. The molecule has 6 nitrogen and oxygen atoms in total. The van der Waals surface area contributed by atoms with Gasteiger partial charge in [-0.2, -0.15) is 0 Å². The summed E-state index contributed by atoms with van der Waals surface area (Å²) in [6.45, 7) is 8.73. The van der Waals surface area contributed by atoms with Crippen LogP contribution in [0.3, 0.4) is 0 Å². The van der Waals surface area contributed by atoms with Gasteiger partial charge in [-0.15, -0.1) is 0 Å². The molecular formula is C22H28N2O4S. The maximum atomic E-state index is 12.9. The van der Waals surface area contributed by atoms with Gasteiger partial charge in [-0.25, -0.2) is 9.79 Å². The van der Waals surface area contributed by atoms with Crippen LogP contribution in [-0.4, -0.2) is 48.0 Å². The molecule has 2 aliphatic rings. The molecule has 0 saturated carbocycles. The van der Waals surface area contributed by atoms with Crippen molar-refractivity contribution >= 4 is 28.8 Å². The van der Waals surface area contributed by atoms with Crippen LogP contribution in [0.4, 0.5) is 0 Å². The molecule has 2 aliphatic heterocycles. The van der Waals surface area contributed by atoms with Crippen LogP contribution in [0.5, 0.6) is 0 Å². The largest absolute Gasteiger partial charge is 0.460 e.